The summed E-state index contributed by atoms with van der Waals surface area (Å²) >= 11 is 0. The zero-order valence-electron chi connectivity index (χ0n) is 9.70. The summed E-state index contributed by atoms with van der Waals surface area (Å²) in [4.78, 5) is 20.4. The molecule has 0 aromatic carbocycles. The molecule has 3 N–H and O–H groups in total. The van der Waals surface area contributed by atoms with E-state index in [0.717, 1.165) is 4.90 Å². The van der Waals surface area contributed by atoms with E-state index in [0.29, 0.717) is 0 Å². The number of carbonyl (C=O) groups is 2. The van der Waals surface area contributed by atoms with E-state index >= 15 is 0 Å². The van der Waals surface area contributed by atoms with Crippen LogP contribution in [0.15, 0.2) is 0 Å². The van der Waals surface area contributed by atoms with Crippen molar-refractivity contribution in [2.75, 3.05) is 13.1 Å². The molecule has 2 rings (SSSR count). The lowest BCUT2D eigenvalue weighted by Gasteiger charge is -2.20. The summed E-state index contributed by atoms with van der Waals surface area (Å²) in [6.45, 7) is 0.342. The first-order valence-corrected chi connectivity index (χ1v) is 5.27. The van der Waals surface area contributed by atoms with E-state index in [1.807, 2.05) is 0 Å². The summed E-state index contributed by atoms with van der Waals surface area (Å²) in [6.07, 6.45) is -9.82. The van der Waals surface area contributed by atoms with Crippen molar-refractivity contribution < 1.29 is 41.0 Å². The van der Waals surface area contributed by atoms with Crippen molar-refractivity contribution in [3.8, 4) is 0 Å². The predicted octanol–water partition coefficient (Wildman–Crippen LogP) is 0.597. The molecular weight excluding hydrogens is 298 g/mol. The molecule has 1 aliphatic carbocycles. The lowest BCUT2D eigenvalue weighted by atomic mass is 10.4. The van der Waals surface area contributed by atoms with Crippen molar-refractivity contribution in [3.05, 3.63) is 0 Å². The van der Waals surface area contributed by atoms with Crippen LogP contribution in [-0.4, -0.2) is 53.4 Å². The number of rotatable bonds is 0. The number of hydrogen-bond donors (Lipinski definition) is 2. The average Bonchev–Trinajstić information content (AvgIpc) is 2.74. The van der Waals surface area contributed by atoms with Crippen LogP contribution in [0.1, 0.15) is 0 Å². The summed E-state index contributed by atoms with van der Waals surface area (Å²) < 4.78 is 67.5. The van der Waals surface area contributed by atoms with Gasteiger partial charge in [0, 0.05) is 19.1 Å². The molecular formula is C9H10F6N2O3. The Morgan fingerprint density at radius 2 is 1.35 bits per heavy atom. The molecule has 0 aromatic heterocycles. The zero-order chi connectivity index (χ0) is 15.9. The molecule has 3 atom stereocenters. The van der Waals surface area contributed by atoms with Crippen LogP contribution in [0.4, 0.5) is 26.3 Å². The van der Waals surface area contributed by atoms with E-state index in [2.05, 4.69) is 0 Å². The molecule has 1 saturated carbocycles. The van der Waals surface area contributed by atoms with Crippen molar-refractivity contribution in [2.24, 2.45) is 17.6 Å². The molecule has 0 aromatic rings. The number of nitrogens with zero attached hydrogens (tertiary/aromatic N) is 1. The van der Waals surface area contributed by atoms with Gasteiger partial charge in [-0.15, -0.1) is 0 Å². The van der Waals surface area contributed by atoms with Crippen LogP contribution in [0.3, 0.4) is 0 Å². The van der Waals surface area contributed by atoms with Gasteiger partial charge in [0.05, 0.1) is 0 Å². The topological polar surface area (TPSA) is 83.6 Å². The highest BCUT2D eigenvalue weighted by Gasteiger charge is 2.57. The first kappa shape index (κ1) is 16.5. The van der Waals surface area contributed by atoms with Gasteiger partial charge in [-0.3, -0.25) is 4.79 Å². The molecule has 116 valence electrons. The number of carboxylic acids is 1. The van der Waals surface area contributed by atoms with Gasteiger partial charge in [-0.05, 0) is 11.8 Å². The monoisotopic (exact) mass is 308 g/mol. The first-order chi connectivity index (χ1) is 8.85. The number of alkyl halides is 6. The minimum atomic E-state index is -5.08. The molecule has 0 radical (unpaired) electrons. The van der Waals surface area contributed by atoms with E-state index < -0.39 is 24.2 Å². The van der Waals surface area contributed by atoms with Gasteiger partial charge in [0.15, 0.2) is 0 Å². The normalized spacial score (nSPS) is 28.4. The number of amides is 1. The van der Waals surface area contributed by atoms with Gasteiger partial charge in [-0.1, -0.05) is 0 Å². The lowest BCUT2D eigenvalue weighted by Crippen LogP contribution is -2.42. The fourth-order valence-electron chi connectivity index (χ4n) is 1.92. The molecule has 0 unspecified atom stereocenters. The van der Waals surface area contributed by atoms with E-state index in [-0.39, 0.29) is 31.0 Å². The number of carboxylic acid groups (broad SMARTS) is 1. The molecule has 11 heteroatoms. The van der Waals surface area contributed by atoms with E-state index in [4.69, 9.17) is 15.6 Å². The van der Waals surface area contributed by atoms with E-state index in [1.165, 1.54) is 0 Å². The lowest BCUT2D eigenvalue weighted by molar-refractivity contribution is -0.192. The van der Waals surface area contributed by atoms with Crippen molar-refractivity contribution in [3.63, 3.8) is 0 Å². The third kappa shape index (κ3) is 3.74. The summed E-state index contributed by atoms with van der Waals surface area (Å²) in [5.41, 5.74) is 5.52. The highest BCUT2D eigenvalue weighted by atomic mass is 19.4. The predicted molar refractivity (Wildman–Crippen MR) is 51.3 cm³/mol. The first-order valence-electron chi connectivity index (χ1n) is 5.27. The second-order valence-electron chi connectivity index (χ2n) is 4.42. The molecule has 5 nitrogen and oxygen atoms in total. The third-order valence-electron chi connectivity index (χ3n) is 3.03. The van der Waals surface area contributed by atoms with Crippen molar-refractivity contribution in [2.45, 2.75) is 18.4 Å². The van der Waals surface area contributed by atoms with Crippen LogP contribution in [0.5, 0.6) is 0 Å². The Kier molecular flexibility index (Phi) is 4.22. The number of piperidine rings is 1. The van der Waals surface area contributed by atoms with Gasteiger partial charge in [0.2, 0.25) is 0 Å². The molecule has 0 bridgehead atoms. The minimum absolute atomic E-state index is 0.0114. The maximum atomic E-state index is 11.9. The maximum Gasteiger partial charge on any atom is 0.490 e. The maximum absolute atomic E-state index is 11.9. The SMILES string of the molecule is N[C@H]1[C@H]2CN(C(=O)C(F)(F)F)C[C@@H]12.O=C(O)C(F)(F)F. The van der Waals surface area contributed by atoms with Crippen LogP contribution in [0.25, 0.3) is 0 Å². The Balaban J connectivity index is 0.000000246. The molecule has 1 aliphatic heterocycles. The summed E-state index contributed by atoms with van der Waals surface area (Å²) in [5, 5.41) is 7.12. The number of carbonyl (C=O) groups excluding carboxylic acids is 1. The smallest absolute Gasteiger partial charge is 0.475 e. The van der Waals surface area contributed by atoms with E-state index in [1.54, 1.807) is 0 Å². The molecule has 1 heterocycles. The van der Waals surface area contributed by atoms with Gasteiger partial charge in [0.1, 0.15) is 0 Å². The van der Waals surface area contributed by atoms with Crippen LogP contribution < -0.4 is 5.73 Å². The largest absolute Gasteiger partial charge is 0.490 e. The van der Waals surface area contributed by atoms with Gasteiger partial charge in [-0.2, -0.15) is 26.3 Å². The van der Waals surface area contributed by atoms with Crippen LogP contribution in [0, 0.1) is 11.8 Å². The third-order valence-corrected chi connectivity index (χ3v) is 3.03. The summed E-state index contributed by atoms with van der Waals surface area (Å²) in [6, 6.07) is 0.0114. The summed E-state index contributed by atoms with van der Waals surface area (Å²) in [7, 11) is 0. The standard InChI is InChI=1S/C7H9F3N2O.C2HF3O2/c8-7(9,10)6(13)12-1-3-4(2-12)5(3)11;3-2(4,5)1(6)7/h3-5H,1-2,11H2;(H,6,7)/t3-,4+,5-;. The fraction of sp³-hybridized carbons (Fsp3) is 0.778. The Morgan fingerprint density at radius 1 is 1.00 bits per heavy atom. The molecule has 0 spiro atoms. The zero-order valence-corrected chi connectivity index (χ0v) is 9.70. The Morgan fingerprint density at radius 3 is 1.60 bits per heavy atom. The molecule has 2 aliphatic rings. The highest BCUT2D eigenvalue weighted by molar-refractivity contribution is 5.82. The Bertz CT molecular complexity index is 395. The number of aliphatic carboxylic acids is 1. The fourth-order valence-corrected chi connectivity index (χ4v) is 1.92. The van der Waals surface area contributed by atoms with Crippen LogP contribution in [-0.2, 0) is 9.59 Å². The summed E-state index contributed by atoms with van der Waals surface area (Å²) in [5.74, 6) is -4.28. The Hall–Kier alpha value is -1.52. The quantitative estimate of drug-likeness (QED) is 0.642. The highest BCUT2D eigenvalue weighted by Crippen LogP contribution is 2.44. The second kappa shape index (κ2) is 5.11. The van der Waals surface area contributed by atoms with Crippen molar-refractivity contribution >= 4 is 11.9 Å². The molecule has 2 fully saturated rings. The molecule has 20 heavy (non-hydrogen) atoms. The van der Waals surface area contributed by atoms with Crippen LogP contribution in [0.2, 0.25) is 0 Å². The van der Waals surface area contributed by atoms with Gasteiger partial charge < -0.3 is 15.7 Å². The number of hydrogen-bond acceptors (Lipinski definition) is 3. The van der Waals surface area contributed by atoms with E-state index in [9.17, 15) is 31.1 Å². The van der Waals surface area contributed by atoms with Gasteiger partial charge in [0.25, 0.3) is 0 Å². The van der Waals surface area contributed by atoms with Gasteiger partial charge in [-0.25, -0.2) is 4.79 Å². The molecule has 1 amide bonds. The number of fused-ring (bicyclic) bond motifs is 1. The molecule has 1 saturated heterocycles. The average molecular weight is 308 g/mol. The van der Waals surface area contributed by atoms with Crippen LogP contribution >= 0.6 is 0 Å². The number of likely N-dealkylation sites (tertiary alicyclic amines) is 1. The minimum Gasteiger partial charge on any atom is -0.475 e. The number of nitrogens with two attached hydrogens (primary N) is 1. The second-order valence-corrected chi connectivity index (χ2v) is 4.42. The number of halogens is 6. The van der Waals surface area contributed by atoms with Crippen molar-refractivity contribution in [1.29, 1.82) is 0 Å². The van der Waals surface area contributed by atoms with Crippen molar-refractivity contribution in [1.82, 2.24) is 4.90 Å². The Labute approximate surface area is 108 Å². The van der Waals surface area contributed by atoms with Gasteiger partial charge >= 0.3 is 24.2 Å².